The van der Waals surface area contributed by atoms with Crippen LogP contribution in [-0.2, 0) is 28.9 Å². The molecule has 0 aromatic carbocycles. The van der Waals surface area contributed by atoms with E-state index in [-0.39, 0.29) is 0 Å². The normalized spacial score (nSPS) is 25.9. The van der Waals surface area contributed by atoms with Gasteiger partial charge in [-0.25, -0.2) is 9.97 Å². The van der Waals surface area contributed by atoms with Gasteiger partial charge in [-0.15, -0.1) is 11.3 Å². The highest BCUT2D eigenvalue weighted by Crippen LogP contribution is 2.40. The van der Waals surface area contributed by atoms with E-state index < -0.39 is 0 Å². The Morgan fingerprint density at radius 1 is 1.18 bits per heavy atom. The second-order valence-electron chi connectivity index (χ2n) is 8.42. The number of nitrogens with one attached hydrogen (secondary N) is 1. The molecule has 1 aliphatic carbocycles. The van der Waals surface area contributed by atoms with E-state index in [9.17, 15) is 0 Å². The van der Waals surface area contributed by atoms with E-state index in [1.54, 1.807) is 0 Å². The SMILES string of the molecule is C[C@@H]1CCc2c(sc3nc(CN4CCOCC4)nc(NC[C@H]4CCCO4)c23)C1. The summed E-state index contributed by atoms with van der Waals surface area (Å²) in [6.45, 7) is 8.40. The van der Waals surface area contributed by atoms with Crippen molar-refractivity contribution in [2.24, 2.45) is 5.92 Å². The quantitative estimate of drug-likeness (QED) is 0.829. The molecule has 2 aliphatic heterocycles. The van der Waals surface area contributed by atoms with E-state index in [2.05, 4.69) is 17.1 Å². The summed E-state index contributed by atoms with van der Waals surface area (Å²) in [7, 11) is 0. The van der Waals surface area contributed by atoms with Crippen LogP contribution in [0.2, 0.25) is 0 Å². The van der Waals surface area contributed by atoms with Crippen LogP contribution in [0.15, 0.2) is 0 Å². The molecule has 1 N–H and O–H groups in total. The summed E-state index contributed by atoms with van der Waals surface area (Å²) >= 11 is 1.89. The van der Waals surface area contributed by atoms with E-state index in [4.69, 9.17) is 19.4 Å². The summed E-state index contributed by atoms with van der Waals surface area (Å²) in [5, 5.41) is 4.92. The van der Waals surface area contributed by atoms with Crippen molar-refractivity contribution in [2.45, 2.75) is 51.7 Å². The van der Waals surface area contributed by atoms with Gasteiger partial charge in [0, 0.05) is 31.1 Å². The van der Waals surface area contributed by atoms with Crippen LogP contribution in [0, 0.1) is 5.92 Å². The van der Waals surface area contributed by atoms with Gasteiger partial charge < -0.3 is 14.8 Å². The Kier molecular flexibility index (Phi) is 5.50. The second kappa shape index (κ2) is 8.22. The lowest BCUT2D eigenvalue weighted by molar-refractivity contribution is 0.0331. The highest BCUT2D eigenvalue weighted by atomic mass is 32.1. The molecular weight excluding hydrogens is 372 g/mol. The molecule has 2 atom stereocenters. The molecule has 2 fully saturated rings. The Labute approximate surface area is 170 Å². The molecular formula is C21H30N4O2S. The first-order valence-electron chi connectivity index (χ1n) is 10.7. The van der Waals surface area contributed by atoms with Gasteiger partial charge in [0.2, 0.25) is 0 Å². The van der Waals surface area contributed by atoms with Crippen molar-refractivity contribution in [1.82, 2.24) is 14.9 Å². The topological polar surface area (TPSA) is 59.5 Å². The lowest BCUT2D eigenvalue weighted by Crippen LogP contribution is -2.36. The Morgan fingerprint density at radius 3 is 2.89 bits per heavy atom. The molecule has 0 spiro atoms. The number of aryl methyl sites for hydroxylation is 1. The molecule has 0 amide bonds. The maximum atomic E-state index is 5.82. The van der Waals surface area contributed by atoms with Gasteiger partial charge in [0.1, 0.15) is 16.5 Å². The van der Waals surface area contributed by atoms with Crippen LogP contribution in [0.5, 0.6) is 0 Å². The van der Waals surface area contributed by atoms with E-state index in [0.29, 0.717) is 6.10 Å². The molecule has 0 bridgehead atoms. The smallest absolute Gasteiger partial charge is 0.146 e. The summed E-state index contributed by atoms with van der Waals surface area (Å²) in [5.41, 5.74) is 1.49. The molecule has 0 radical (unpaired) electrons. The van der Waals surface area contributed by atoms with Gasteiger partial charge in [-0.2, -0.15) is 0 Å². The van der Waals surface area contributed by atoms with Crippen LogP contribution < -0.4 is 5.32 Å². The number of hydrogen-bond donors (Lipinski definition) is 1. The summed E-state index contributed by atoms with van der Waals surface area (Å²) in [6, 6.07) is 0. The first kappa shape index (κ1) is 18.7. The minimum atomic E-state index is 0.308. The maximum Gasteiger partial charge on any atom is 0.146 e. The molecule has 4 heterocycles. The number of hydrogen-bond acceptors (Lipinski definition) is 7. The first-order chi connectivity index (χ1) is 13.8. The first-order valence-corrected chi connectivity index (χ1v) is 11.5. The molecule has 2 aromatic heterocycles. The molecule has 28 heavy (non-hydrogen) atoms. The molecule has 6 nitrogen and oxygen atoms in total. The Hall–Kier alpha value is -1.28. The number of nitrogens with zero attached hydrogens (tertiary/aromatic N) is 3. The van der Waals surface area contributed by atoms with Gasteiger partial charge in [-0.05, 0) is 43.6 Å². The number of thiophene rings is 1. The Balaban J connectivity index is 1.46. The Bertz CT molecular complexity index is 827. The zero-order chi connectivity index (χ0) is 18.9. The summed E-state index contributed by atoms with van der Waals surface area (Å²) in [4.78, 5) is 15.1. The lowest BCUT2D eigenvalue weighted by Gasteiger charge is -2.26. The second-order valence-corrected chi connectivity index (χ2v) is 9.51. The minimum absolute atomic E-state index is 0.308. The number of ether oxygens (including phenoxy) is 2. The van der Waals surface area contributed by atoms with Crippen LogP contribution in [0.4, 0.5) is 5.82 Å². The predicted molar refractivity (Wildman–Crippen MR) is 112 cm³/mol. The fourth-order valence-corrected chi connectivity index (χ4v) is 5.96. The third kappa shape index (κ3) is 3.90. The van der Waals surface area contributed by atoms with E-state index in [0.717, 1.165) is 81.2 Å². The zero-order valence-corrected chi connectivity index (χ0v) is 17.5. The molecule has 2 aromatic rings. The van der Waals surface area contributed by atoms with Gasteiger partial charge in [0.05, 0.1) is 31.2 Å². The average Bonchev–Trinajstić information content (AvgIpc) is 3.34. The van der Waals surface area contributed by atoms with Crippen molar-refractivity contribution in [3.05, 3.63) is 16.3 Å². The van der Waals surface area contributed by atoms with Crippen molar-refractivity contribution < 1.29 is 9.47 Å². The van der Waals surface area contributed by atoms with Crippen molar-refractivity contribution in [3.63, 3.8) is 0 Å². The largest absolute Gasteiger partial charge is 0.379 e. The van der Waals surface area contributed by atoms with Crippen molar-refractivity contribution >= 4 is 27.4 Å². The molecule has 152 valence electrons. The van der Waals surface area contributed by atoms with Gasteiger partial charge in [-0.3, -0.25) is 4.90 Å². The molecule has 5 rings (SSSR count). The summed E-state index contributed by atoms with van der Waals surface area (Å²) in [6.07, 6.45) is 6.21. The van der Waals surface area contributed by atoms with Crippen molar-refractivity contribution in [3.8, 4) is 0 Å². The van der Waals surface area contributed by atoms with Crippen LogP contribution in [0.25, 0.3) is 10.2 Å². The van der Waals surface area contributed by atoms with Crippen LogP contribution in [0.3, 0.4) is 0 Å². The molecule has 7 heteroatoms. The monoisotopic (exact) mass is 402 g/mol. The third-order valence-corrected chi connectivity index (χ3v) is 7.34. The number of morpholine rings is 1. The predicted octanol–water partition coefficient (Wildman–Crippen LogP) is 3.24. The summed E-state index contributed by atoms with van der Waals surface area (Å²) < 4.78 is 11.3. The highest BCUT2D eigenvalue weighted by molar-refractivity contribution is 7.19. The van der Waals surface area contributed by atoms with E-state index >= 15 is 0 Å². The molecule has 2 saturated heterocycles. The number of fused-ring (bicyclic) bond motifs is 3. The third-order valence-electron chi connectivity index (χ3n) is 6.19. The summed E-state index contributed by atoms with van der Waals surface area (Å²) in [5.74, 6) is 2.72. The van der Waals surface area contributed by atoms with Gasteiger partial charge in [-0.1, -0.05) is 6.92 Å². The van der Waals surface area contributed by atoms with Gasteiger partial charge in [0.15, 0.2) is 0 Å². The maximum absolute atomic E-state index is 5.82. The molecule has 0 unspecified atom stereocenters. The number of rotatable bonds is 5. The van der Waals surface area contributed by atoms with Gasteiger partial charge in [0.25, 0.3) is 0 Å². The van der Waals surface area contributed by atoms with E-state index in [1.807, 2.05) is 11.3 Å². The zero-order valence-electron chi connectivity index (χ0n) is 16.7. The lowest BCUT2D eigenvalue weighted by atomic mass is 9.89. The van der Waals surface area contributed by atoms with Crippen LogP contribution in [-0.4, -0.2) is 60.4 Å². The standard InChI is InChI=1S/C21H30N4O2S/c1-14-4-5-16-17(11-14)28-21-19(16)20(22-12-15-3-2-8-27-15)23-18(24-21)13-25-6-9-26-10-7-25/h14-15H,2-13H2,1H3,(H,22,23,24)/t14-,15-/m1/s1. The molecule has 3 aliphatic rings. The van der Waals surface area contributed by atoms with Crippen LogP contribution in [0.1, 0.15) is 42.5 Å². The van der Waals surface area contributed by atoms with Crippen molar-refractivity contribution in [1.29, 1.82) is 0 Å². The average molecular weight is 403 g/mol. The highest BCUT2D eigenvalue weighted by Gasteiger charge is 2.25. The fraction of sp³-hybridized carbons (Fsp3) is 0.714. The van der Waals surface area contributed by atoms with Crippen molar-refractivity contribution in [2.75, 3.05) is 44.8 Å². The fourth-order valence-electron chi connectivity index (χ4n) is 4.56. The number of anilines is 1. The minimum Gasteiger partial charge on any atom is -0.379 e. The number of aromatic nitrogens is 2. The Morgan fingerprint density at radius 2 is 2.07 bits per heavy atom. The van der Waals surface area contributed by atoms with Crippen LogP contribution >= 0.6 is 11.3 Å². The van der Waals surface area contributed by atoms with Gasteiger partial charge >= 0.3 is 0 Å². The molecule has 0 saturated carbocycles. The van der Waals surface area contributed by atoms with E-state index in [1.165, 1.54) is 35.1 Å².